The number of hydrogen-bond acceptors (Lipinski definition) is 4. The minimum absolute atomic E-state index is 0.00773. The second kappa shape index (κ2) is 7.96. The van der Waals surface area contributed by atoms with Crippen LogP contribution in [-0.2, 0) is 0 Å². The molecule has 2 heterocycles. The smallest absolute Gasteiger partial charge is 0.320 e. The summed E-state index contributed by atoms with van der Waals surface area (Å²) in [5.74, 6) is 0. The van der Waals surface area contributed by atoms with Crippen LogP contribution in [0.15, 0.2) is 91.0 Å². The number of carbonyl (C=O) groups is 1. The fraction of sp³-hybridized carbons (Fsp3) is 0.0400. The summed E-state index contributed by atoms with van der Waals surface area (Å²) in [6, 6.07) is 26.7. The summed E-state index contributed by atoms with van der Waals surface area (Å²) >= 11 is 0. The van der Waals surface area contributed by atoms with E-state index in [1.165, 1.54) is 12.1 Å². The Bertz CT molecular complexity index is 1370. The van der Waals surface area contributed by atoms with Gasteiger partial charge in [0.2, 0.25) is 0 Å². The predicted octanol–water partition coefficient (Wildman–Crippen LogP) is 5.07. The molecular formula is C25H18N4O3. The van der Waals surface area contributed by atoms with Gasteiger partial charge in [0.1, 0.15) is 0 Å². The maximum absolute atomic E-state index is 12.6. The van der Waals surface area contributed by atoms with Crippen molar-refractivity contribution in [2.24, 2.45) is 0 Å². The van der Waals surface area contributed by atoms with E-state index in [4.69, 9.17) is 4.98 Å². The first-order chi connectivity index (χ1) is 15.6. The van der Waals surface area contributed by atoms with Crippen LogP contribution in [0, 0.1) is 10.1 Å². The molecule has 1 atom stereocenters. The molecule has 7 heteroatoms. The van der Waals surface area contributed by atoms with Crippen molar-refractivity contribution in [2.75, 3.05) is 0 Å². The van der Waals surface area contributed by atoms with E-state index in [1.54, 1.807) is 12.1 Å². The first kappa shape index (κ1) is 19.4. The van der Waals surface area contributed by atoms with Crippen molar-refractivity contribution in [3.05, 3.63) is 118 Å². The van der Waals surface area contributed by atoms with Gasteiger partial charge in [-0.3, -0.25) is 10.1 Å². The number of fused-ring (bicyclic) bond motifs is 1. The molecule has 2 N–H and O–H groups in total. The third kappa shape index (κ3) is 3.56. The van der Waals surface area contributed by atoms with Crippen LogP contribution in [-0.4, -0.2) is 15.9 Å². The molecule has 0 saturated carbocycles. The molecule has 1 aromatic heterocycles. The maximum Gasteiger partial charge on any atom is 0.320 e. The largest absolute Gasteiger partial charge is 0.327 e. The monoisotopic (exact) mass is 422 g/mol. The number of hydrogen-bond donors (Lipinski definition) is 2. The number of pyridine rings is 1. The maximum atomic E-state index is 12.6. The van der Waals surface area contributed by atoms with Crippen molar-refractivity contribution >= 4 is 33.9 Å². The quantitative estimate of drug-likeness (QED) is 0.355. The van der Waals surface area contributed by atoms with Crippen LogP contribution in [0.3, 0.4) is 0 Å². The molecule has 7 nitrogen and oxygen atoms in total. The number of para-hydroxylation sites is 1. The van der Waals surface area contributed by atoms with Gasteiger partial charge in [-0.25, -0.2) is 9.78 Å². The number of nitro benzene ring substituents is 1. The summed E-state index contributed by atoms with van der Waals surface area (Å²) in [4.78, 5) is 28.1. The van der Waals surface area contributed by atoms with Crippen LogP contribution in [0.2, 0.25) is 0 Å². The van der Waals surface area contributed by atoms with E-state index in [0.29, 0.717) is 11.4 Å². The number of amides is 2. The number of benzene rings is 3. The fourth-order valence-corrected chi connectivity index (χ4v) is 3.93. The molecule has 0 bridgehead atoms. The summed E-state index contributed by atoms with van der Waals surface area (Å²) < 4.78 is 0. The lowest BCUT2D eigenvalue weighted by molar-refractivity contribution is -0.384. The van der Waals surface area contributed by atoms with Gasteiger partial charge >= 0.3 is 6.03 Å². The van der Waals surface area contributed by atoms with Gasteiger partial charge in [-0.2, -0.15) is 0 Å². The second-order valence-corrected chi connectivity index (χ2v) is 7.42. The van der Waals surface area contributed by atoms with Crippen LogP contribution < -0.4 is 10.6 Å². The molecule has 5 rings (SSSR count). The standard InChI is InChI=1S/C25H18N4O3/c30-25-27-23(17-7-2-1-3-8-17)22(21-15-12-16-6-4-5-9-20(16)26-21)24(28-25)18-10-13-19(14-11-18)29(31)32/h1-15,24H,(H2,27,28,30)/t24-/m1/s1. The molecule has 1 aliphatic rings. The highest BCUT2D eigenvalue weighted by Crippen LogP contribution is 2.38. The van der Waals surface area contributed by atoms with Crippen LogP contribution in [0.25, 0.3) is 22.2 Å². The van der Waals surface area contributed by atoms with E-state index in [0.717, 1.165) is 27.6 Å². The lowest BCUT2D eigenvalue weighted by Crippen LogP contribution is -2.43. The average Bonchev–Trinajstić information content (AvgIpc) is 2.84. The topological polar surface area (TPSA) is 97.2 Å². The lowest BCUT2D eigenvalue weighted by atomic mass is 9.90. The second-order valence-electron chi connectivity index (χ2n) is 7.42. The number of nitrogens with zero attached hydrogens (tertiary/aromatic N) is 2. The summed E-state index contributed by atoms with van der Waals surface area (Å²) in [5, 5.41) is 18.0. The number of rotatable bonds is 4. The normalized spacial score (nSPS) is 15.9. The Morgan fingerprint density at radius 1 is 0.844 bits per heavy atom. The van der Waals surface area contributed by atoms with Crippen molar-refractivity contribution in [3.63, 3.8) is 0 Å². The van der Waals surface area contributed by atoms with Crippen LogP contribution >= 0.6 is 0 Å². The lowest BCUT2D eigenvalue weighted by Gasteiger charge is -2.30. The average molecular weight is 422 g/mol. The number of non-ortho nitro benzene ring substituents is 1. The van der Waals surface area contributed by atoms with Crippen LogP contribution in [0.1, 0.15) is 22.9 Å². The van der Waals surface area contributed by atoms with Crippen molar-refractivity contribution in [2.45, 2.75) is 6.04 Å². The first-order valence-corrected chi connectivity index (χ1v) is 10.1. The van der Waals surface area contributed by atoms with Crippen LogP contribution in [0.4, 0.5) is 10.5 Å². The molecule has 3 aromatic carbocycles. The van der Waals surface area contributed by atoms with E-state index < -0.39 is 11.0 Å². The summed E-state index contributed by atoms with van der Waals surface area (Å²) in [6.45, 7) is 0. The Balaban J connectivity index is 1.73. The Morgan fingerprint density at radius 3 is 2.31 bits per heavy atom. The number of nitro groups is 1. The number of nitrogens with one attached hydrogen (secondary N) is 2. The third-order valence-corrected chi connectivity index (χ3v) is 5.45. The SMILES string of the molecule is O=C1NC(c2ccccc2)=C(c2ccc3ccccc3n2)[C@@H](c2ccc([N+](=O)[O-])cc2)N1. The van der Waals surface area contributed by atoms with Crippen molar-refractivity contribution in [1.29, 1.82) is 0 Å². The summed E-state index contributed by atoms with van der Waals surface area (Å²) in [5.41, 5.74) is 4.55. The van der Waals surface area contributed by atoms with Gasteiger partial charge < -0.3 is 10.6 Å². The molecule has 0 fully saturated rings. The summed E-state index contributed by atoms with van der Waals surface area (Å²) in [7, 11) is 0. The van der Waals surface area contributed by atoms with Gasteiger partial charge in [0, 0.05) is 23.1 Å². The molecular weight excluding hydrogens is 404 g/mol. The van der Waals surface area contributed by atoms with Crippen molar-refractivity contribution < 1.29 is 9.72 Å². The van der Waals surface area contributed by atoms with Gasteiger partial charge in [0.05, 0.1) is 27.9 Å². The Morgan fingerprint density at radius 2 is 1.56 bits per heavy atom. The highest BCUT2D eigenvalue weighted by Gasteiger charge is 2.31. The van der Waals surface area contributed by atoms with E-state index in [-0.39, 0.29) is 11.7 Å². The number of urea groups is 1. The summed E-state index contributed by atoms with van der Waals surface area (Å²) in [6.07, 6.45) is 0. The van der Waals surface area contributed by atoms with Gasteiger partial charge in [-0.15, -0.1) is 0 Å². The number of aromatic nitrogens is 1. The van der Waals surface area contributed by atoms with E-state index >= 15 is 0 Å². The zero-order chi connectivity index (χ0) is 22.1. The molecule has 0 saturated heterocycles. The van der Waals surface area contributed by atoms with E-state index in [9.17, 15) is 14.9 Å². The zero-order valence-corrected chi connectivity index (χ0v) is 16.9. The highest BCUT2D eigenvalue weighted by atomic mass is 16.6. The molecule has 0 unspecified atom stereocenters. The number of carbonyl (C=O) groups excluding carboxylic acids is 1. The molecule has 0 radical (unpaired) electrons. The van der Waals surface area contributed by atoms with Gasteiger partial charge in [-0.05, 0) is 35.4 Å². The van der Waals surface area contributed by atoms with Gasteiger partial charge in [-0.1, -0.05) is 54.6 Å². The van der Waals surface area contributed by atoms with E-state index in [2.05, 4.69) is 10.6 Å². The zero-order valence-electron chi connectivity index (χ0n) is 16.9. The first-order valence-electron chi connectivity index (χ1n) is 10.1. The van der Waals surface area contributed by atoms with Crippen molar-refractivity contribution in [3.8, 4) is 0 Å². The molecule has 2 amide bonds. The minimum Gasteiger partial charge on any atom is -0.327 e. The fourth-order valence-electron chi connectivity index (χ4n) is 3.93. The van der Waals surface area contributed by atoms with Crippen LogP contribution in [0.5, 0.6) is 0 Å². The van der Waals surface area contributed by atoms with Gasteiger partial charge in [0.15, 0.2) is 0 Å². The Labute approximate surface area is 183 Å². The molecule has 4 aromatic rings. The molecule has 0 spiro atoms. The van der Waals surface area contributed by atoms with Gasteiger partial charge in [0.25, 0.3) is 5.69 Å². The Hall–Kier alpha value is -4.52. The molecule has 32 heavy (non-hydrogen) atoms. The Kier molecular flexibility index (Phi) is 4.84. The molecule has 156 valence electrons. The molecule has 0 aliphatic carbocycles. The predicted molar refractivity (Wildman–Crippen MR) is 123 cm³/mol. The molecule has 1 aliphatic heterocycles. The van der Waals surface area contributed by atoms with Crippen molar-refractivity contribution in [1.82, 2.24) is 15.6 Å². The highest BCUT2D eigenvalue weighted by molar-refractivity contribution is 6.03. The third-order valence-electron chi connectivity index (χ3n) is 5.45. The minimum atomic E-state index is -0.534. The van der Waals surface area contributed by atoms with E-state index in [1.807, 2.05) is 66.7 Å².